The summed E-state index contributed by atoms with van der Waals surface area (Å²) in [5.41, 5.74) is 0. The molecular formula is C10H17NOS. The molecule has 74 valence electrons. The molecule has 0 aromatic rings. The van der Waals surface area contributed by atoms with E-state index in [1.54, 1.807) is 0 Å². The third kappa shape index (κ3) is 2.80. The van der Waals surface area contributed by atoms with Crippen molar-refractivity contribution in [3.05, 3.63) is 0 Å². The average molecular weight is 199 g/mol. The Bertz CT molecular complexity index is 215. The van der Waals surface area contributed by atoms with Crippen LogP contribution in [0.4, 0.5) is 0 Å². The monoisotopic (exact) mass is 199 g/mol. The van der Waals surface area contributed by atoms with Crippen LogP contribution in [0.15, 0.2) is 0 Å². The van der Waals surface area contributed by atoms with Crippen molar-refractivity contribution in [1.29, 1.82) is 5.26 Å². The first-order valence-electron chi connectivity index (χ1n) is 5.06. The molecule has 1 aliphatic rings. The predicted octanol–water partition coefficient (Wildman–Crippen LogP) is 2.37. The molecule has 0 N–H and O–H groups in total. The Morgan fingerprint density at radius 1 is 1.54 bits per heavy atom. The Labute approximate surface area is 82.8 Å². The minimum absolute atomic E-state index is 0.119. The van der Waals surface area contributed by atoms with Gasteiger partial charge in [0.05, 0.1) is 6.07 Å². The van der Waals surface area contributed by atoms with Gasteiger partial charge in [-0.05, 0) is 19.3 Å². The number of nitrogens with zero attached hydrogens (tertiary/aromatic N) is 1. The molecule has 0 amide bonds. The molecule has 1 rings (SSSR count). The molecule has 0 bridgehead atoms. The van der Waals surface area contributed by atoms with Crippen molar-refractivity contribution in [3.8, 4) is 6.07 Å². The number of nitriles is 1. The van der Waals surface area contributed by atoms with Crippen molar-refractivity contribution in [2.75, 3.05) is 0 Å². The minimum atomic E-state index is -0.756. The van der Waals surface area contributed by atoms with Crippen LogP contribution >= 0.6 is 0 Å². The van der Waals surface area contributed by atoms with Crippen LogP contribution in [0.2, 0.25) is 0 Å². The highest BCUT2D eigenvalue weighted by Crippen LogP contribution is 2.26. The van der Waals surface area contributed by atoms with Gasteiger partial charge in [-0.1, -0.05) is 19.8 Å². The molecule has 0 aromatic carbocycles. The normalized spacial score (nSPS) is 22.5. The summed E-state index contributed by atoms with van der Waals surface area (Å²) in [6, 6.07) is 2.13. The lowest BCUT2D eigenvalue weighted by molar-refractivity contribution is 0.649. The summed E-state index contributed by atoms with van der Waals surface area (Å²) in [5, 5.41) is 9.08. The van der Waals surface area contributed by atoms with Gasteiger partial charge in [-0.2, -0.15) is 5.26 Å². The van der Waals surface area contributed by atoms with E-state index in [9.17, 15) is 4.21 Å². The maximum Gasteiger partial charge on any atom is 0.0634 e. The summed E-state index contributed by atoms with van der Waals surface area (Å²) < 4.78 is 11.9. The van der Waals surface area contributed by atoms with Crippen LogP contribution in [-0.4, -0.2) is 14.7 Å². The first-order valence-corrected chi connectivity index (χ1v) is 6.33. The smallest absolute Gasteiger partial charge is 0.0634 e. The summed E-state index contributed by atoms with van der Waals surface area (Å²) in [5.74, 6) is 0. The van der Waals surface area contributed by atoms with Gasteiger partial charge in [-0.15, -0.1) is 0 Å². The molecule has 1 saturated carbocycles. The SMILES string of the molecule is CCC(CC#N)S(=O)C1CCCC1. The molecule has 13 heavy (non-hydrogen) atoms. The molecule has 0 saturated heterocycles. The van der Waals surface area contributed by atoms with Crippen molar-refractivity contribution in [2.45, 2.75) is 55.9 Å². The van der Waals surface area contributed by atoms with Crippen molar-refractivity contribution >= 4 is 10.8 Å². The molecule has 3 heteroatoms. The highest BCUT2D eigenvalue weighted by Gasteiger charge is 2.26. The van der Waals surface area contributed by atoms with Crippen LogP contribution in [-0.2, 0) is 10.8 Å². The summed E-state index contributed by atoms with van der Waals surface area (Å²) in [6.07, 6.45) is 5.98. The fourth-order valence-corrected chi connectivity index (χ4v) is 3.79. The Kier molecular flexibility index (Phi) is 4.44. The van der Waals surface area contributed by atoms with E-state index >= 15 is 0 Å². The average Bonchev–Trinajstić information content (AvgIpc) is 2.65. The van der Waals surface area contributed by atoms with Crippen LogP contribution in [0.1, 0.15) is 45.4 Å². The molecule has 2 atom stereocenters. The lowest BCUT2D eigenvalue weighted by atomic mass is 10.3. The summed E-state index contributed by atoms with van der Waals surface area (Å²) in [6.45, 7) is 2.02. The van der Waals surface area contributed by atoms with E-state index in [1.807, 2.05) is 6.92 Å². The van der Waals surface area contributed by atoms with Gasteiger partial charge < -0.3 is 0 Å². The van der Waals surface area contributed by atoms with Gasteiger partial charge >= 0.3 is 0 Å². The Morgan fingerprint density at radius 2 is 2.15 bits per heavy atom. The molecule has 0 spiro atoms. The molecule has 1 fully saturated rings. The van der Waals surface area contributed by atoms with Gasteiger partial charge in [0, 0.05) is 27.7 Å². The van der Waals surface area contributed by atoms with E-state index in [1.165, 1.54) is 12.8 Å². The second-order valence-corrected chi connectivity index (χ2v) is 5.62. The largest absolute Gasteiger partial charge is 0.259 e. The predicted molar refractivity (Wildman–Crippen MR) is 54.7 cm³/mol. The zero-order valence-corrected chi connectivity index (χ0v) is 8.98. The lowest BCUT2D eigenvalue weighted by Gasteiger charge is -2.15. The lowest BCUT2D eigenvalue weighted by Crippen LogP contribution is -2.23. The molecule has 2 unspecified atom stereocenters. The first-order chi connectivity index (χ1) is 6.29. The topological polar surface area (TPSA) is 40.9 Å². The minimum Gasteiger partial charge on any atom is -0.259 e. The number of hydrogen-bond acceptors (Lipinski definition) is 2. The van der Waals surface area contributed by atoms with Crippen molar-refractivity contribution in [3.63, 3.8) is 0 Å². The van der Waals surface area contributed by atoms with Gasteiger partial charge in [-0.3, -0.25) is 4.21 Å². The summed E-state index contributed by atoms with van der Waals surface area (Å²) in [7, 11) is -0.756. The fourth-order valence-electron chi connectivity index (χ4n) is 1.89. The van der Waals surface area contributed by atoms with Gasteiger partial charge in [-0.25, -0.2) is 0 Å². The highest BCUT2D eigenvalue weighted by atomic mass is 32.2. The van der Waals surface area contributed by atoms with E-state index < -0.39 is 10.8 Å². The summed E-state index contributed by atoms with van der Waals surface area (Å²) >= 11 is 0. The molecule has 0 heterocycles. The quantitative estimate of drug-likeness (QED) is 0.697. The van der Waals surface area contributed by atoms with E-state index in [0.29, 0.717) is 11.7 Å². The summed E-state index contributed by atoms with van der Waals surface area (Å²) in [4.78, 5) is 0. The van der Waals surface area contributed by atoms with Crippen LogP contribution in [0, 0.1) is 11.3 Å². The van der Waals surface area contributed by atoms with Crippen LogP contribution in [0.25, 0.3) is 0 Å². The highest BCUT2D eigenvalue weighted by molar-refractivity contribution is 7.86. The van der Waals surface area contributed by atoms with Gasteiger partial charge in [0.15, 0.2) is 0 Å². The Hall–Kier alpha value is -0.360. The standard InChI is InChI=1S/C10H17NOS/c1-2-9(7-8-11)13(12)10-5-3-4-6-10/h9-10H,2-7H2,1H3. The zero-order valence-electron chi connectivity index (χ0n) is 8.16. The molecule has 0 aliphatic heterocycles. The molecular weight excluding hydrogens is 182 g/mol. The van der Waals surface area contributed by atoms with Gasteiger partial charge in [0.25, 0.3) is 0 Å². The van der Waals surface area contributed by atoms with E-state index in [-0.39, 0.29) is 5.25 Å². The van der Waals surface area contributed by atoms with Crippen molar-refractivity contribution in [2.24, 2.45) is 0 Å². The second-order valence-electron chi connectivity index (χ2n) is 3.63. The maximum atomic E-state index is 11.9. The Morgan fingerprint density at radius 3 is 2.62 bits per heavy atom. The van der Waals surface area contributed by atoms with E-state index in [4.69, 9.17) is 5.26 Å². The van der Waals surface area contributed by atoms with Crippen molar-refractivity contribution < 1.29 is 4.21 Å². The fraction of sp³-hybridized carbons (Fsp3) is 0.900. The third-order valence-corrected chi connectivity index (χ3v) is 5.02. The second kappa shape index (κ2) is 5.39. The molecule has 0 radical (unpaired) electrons. The van der Waals surface area contributed by atoms with E-state index in [0.717, 1.165) is 19.3 Å². The van der Waals surface area contributed by atoms with Crippen LogP contribution in [0.3, 0.4) is 0 Å². The van der Waals surface area contributed by atoms with Crippen molar-refractivity contribution in [1.82, 2.24) is 0 Å². The van der Waals surface area contributed by atoms with Gasteiger partial charge in [0.2, 0.25) is 0 Å². The number of hydrogen-bond donors (Lipinski definition) is 0. The zero-order chi connectivity index (χ0) is 9.68. The first kappa shape index (κ1) is 10.7. The van der Waals surface area contributed by atoms with E-state index in [2.05, 4.69) is 6.07 Å². The molecule has 0 aromatic heterocycles. The van der Waals surface area contributed by atoms with Crippen LogP contribution in [0.5, 0.6) is 0 Å². The molecule has 2 nitrogen and oxygen atoms in total. The maximum absolute atomic E-state index is 11.9. The third-order valence-electron chi connectivity index (χ3n) is 2.73. The van der Waals surface area contributed by atoms with Gasteiger partial charge in [0.1, 0.15) is 0 Å². The molecule has 1 aliphatic carbocycles. The number of rotatable bonds is 4. The Balaban J connectivity index is 2.48. The van der Waals surface area contributed by atoms with Crippen LogP contribution < -0.4 is 0 Å².